The molecule has 1 unspecified atom stereocenters. The van der Waals surface area contributed by atoms with Crippen LogP contribution in [-0.4, -0.2) is 43.4 Å². The van der Waals surface area contributed by atoms with Crippen molar-refractivity contribution >= 4 is 11.2 Å². The second-order valence-corrected chi connectivity index (χ2v) is 6.18. The summed E-state index contributed by atoms with van der Waals surface area (Å²) in [4.78, 5) is 30.3. The molecule has 2 aromatic rings. The Labute approximate surface area is 140 Å². The molecule has 0 aliphatic carbocycles. The number of aliphatic hydroxyl groups is 1. The molecule has 0 aliphatic heterocycles. The fourth-order valence-electron chi connectivity index (χ4n) is 2.79. The van der Waals surface area contributed by atoms with Crippen LogP contribution in [0.3, 0.4) is 0 Å². The van der Waals surface area contributed by atoms with E-state index in [2.05, 4.69) is 22.2 Å². The fraction of sp³-hybridized carbons (Fsp3) is 0.688. The number of imidazole rings is 1. The van der Waals surface area contributed by atoms with E-state index in [1.807, 2.05) is 0 Å². The van der Waals surface area contributed by atoms with Gasteiger partial charge in [0, 0.05) is 27.1 Å². The van der Waals surface area contributed by atoms with Crippen molar-refractivity contribution in [3.8, 4) is 0 Å². The smallest absolute Gasteiger partial charge is 0.329 e. The Kier molecular flexibility index (Phi) is 6.33. The predicted molar refractivity (Wildman–Crippen MR) is 93.3 cm³/mol. The number of fused-ring (bicyclic) bond motifs is 1. The summed E-state index contributed by atoms with van der Waals surface area (Å²) in [5, 5.41) is 13.1. The summed E-state index contributed by atoms with van der Waals surface area (Å²) in [6.07, 6.45) is 3.91. The third-order valence-corrected chi connectivity index (χ3v) is 4.22. The zero-order valence-corrected chi connectivity index (χ0v) is 14.6. The molecule has 24 heavy (non-hydrogen) atoms. The number of aromatic amines is 1. The third-order valence-electron chi connectivity index (χ3n) is 4.22. The van der Waals surface area contributed by atoms with E-state index in [1.54, 1.807) is 18.7 Å². The maximum absolute atomic E-state index is 12.0. The predicted octanol–water partition coefficient (Wildman–Crippen LogP) is 0.0336. The van der Waals surface area contributed by atoms with E-state index < -0.39 is 11.2 Å². The Morgan fingerprint density at radius 2 is 2.00 bits per heavy atom. The van der Waals surface area contributed by atoms with Crippen molar-refractivity contribution < 1.29 is 5.11 Å². The molecule has 3 N–H and O–H groups in total. The molecule has 0 aromatic carbocycles. The van der Waals surface area contributed by atoms with Crippen LogP contribution in [0.4, 0.5) is 0 Å². The monoisotopic (exact) mass is 337 g/mol. The SMILES string of the molecule is CCCNCC(O)CCCCc1nc2c(c(=O)[nH]c(=O)n2C)n1C. The zero-order chi connectivity index (χ0) is 17.7. The van der Waals surface area contributed by atoms with E-state index in [4.69, 9.17) is 0 Å². The van der Waals surface area contributed by atoms with E-state index in [1.165, 1.54) is 4.57 Å². The summed E-state index contributed by atoms with van der Waals surface area (Å²) in [6.45, 7) is 3.64. The van der Waals surface area contributed by atoms with E-state index in [-0.39, 0.29) is 6.10 Å². The van der Waals surface area contributed by atoms with Gasteiger partial charge < -0.3 is 15.0 Å². The largest absolute Gasteiger partial charge is 0.392 e. The summed E-state index contributed by atoms with van der Waals surface area (Å²) in [7, 11) is 3.38. The topological polar surface area (TPSA) is 105 Å². The van der Waals surface area contributed by atoms with Gasteiger partial charge in [-0.2, -0.15) is 0 Å². The maximum Gasteiger partial charge on any atom is 0.329 e. The molecule has 0 radical (unpaired) electrons. The van der Waals surface area contributed by atoms with Crippen molar-refractivity contribution in [2.24, 2.45) is 14.1 Å². The Bertz CT molecular complexity index is 789. The lowest BCUT2D eigenvalue weighted by molar-refractivity contribution is 0.158. The number of unbranched alkanes of at least 4 members (excludes halogenated alkanes) is 1. The summed E-state index contributed by atoms with van der Waals surface area (Å²) in [6, 6.07) is 0. The van der Waals surface area contributed by atoms with E-state index >= 15 is 0 Å². The number of aromatic nitrogens is 4. The number of rotatable bonds is 9. The van der Waals surface area contributed by atoms with Gasteiger partial charge in [-0.05, 0) is 25.8 Å². The highest BCUT2D eigenvalue weighted by Crippen LogP contribution is 2.12. The van der Waals surface area contributed by atoms with Gasteiger partial charge in [0.05, 0.1) is 6.10 Å². The standard InChI is InChI=1S/C16H27N5O3/c1-4-9-17-10-11(22)7-5-6-8-12-18-14-13(20(12)2)15(23)19-16(24)21(14)3/h11,17,22H,4-10H2,1-3H3,(H,19,23,24). The van der Waals surface area contributed by atoms with Crippen molar-refractivity contribution in [1.29, 1.82) is 0 Å². The Morgan fingerprint density at radius 1 is 1.25 bits per heavy atom. The van der Waals surface area contributed by atoms with Crippen LogP contribution >= 0.6 is 0 Å². The molecule has 0 amide bonds. The Hall–Kier alpha value is -1.93. The van der Waals surface area contributed by atoms with Gasteiger partial charge in [0.15, 0.2) is 11.2 Å². The molecule has 2 heterocycles. The molecule has 8 nitrogen and oxygen atoms in total. The number of hydrogen-bond acceptors (Lipinski definition) is 5. The van der Waals surface area contributed by atoms with Crippen LogP contribution in [-0.2, 0) is 20.5 Å². The molecule has 134 valence electrons. The highest BCUT2D eigenvalue weighted by molar-refractivity contribution is 5.70. The molecule has 2 rings (SSSR count). The molecule has 8 heteroatoms. The molecule has 0 bridgehead atoms. The number of aliphatic hydroxyl groups excluding tert-OH is 1. The van der Waals surface area contributed by atoms with Crippen molar-refractivity contribution in [2.45, 2.75) is 45.1 Å². The quantitative estimate of drug-likeness (QED) is 0.560. The average Bonchev–Trinajstić information content (AvgIpc) is 2.87. The maximum atomic E-state index is 12.0. The van der Waals surface area contributed by atoms with Crippen LogP contribution in [0.2, 0.25) is 0 Å². The third kappa shape index (κ3) is 4.12. The summed E-state index contributed by atoms with van der Waals surface area (Å²) in [5.41, 5.74) is -0.0485. The molecular formula is C16H27N5O3. The molecule has 0 spiro atoms. The van der Waals surface area contributed by atoms with Gasteiger partial charge in [-0.25, -0.2) is 9.78 Å². The first kappa shape index (κ1) is 18.4. The Balaban J connectivity index is 1.95. The zero-order valence-electron chi connectivity index (χ0n) is 14.6. The van der Waals surface area contributed by atoms with Crippen LogP contribution in [0, 0.1) is 0 Å². The van der Waals surface area contributed by atoms with Gasteiger partial charge in [-0.1, -0.05) is 13.3 Å². The van der Waals surface area contributed by atoms with Gasteiger partial charge in [0.25, 0.3) is 5.56 Å². The highest BCUT2D eigenvalue weighted by Gasteiger charge is 2.14. The van der Waals surface area contributed by atoms with Crippen LogP contribution < -0.4 is 16.6 Å². The molecular weight excluding hydrogens is 310 g/mol. The average molecular weight is 337 g/mol. The molecule has 1 atom stereocenters. The van der Waals surface area contributed by atoms with Crippen molar-refractivity contribution in [2.75, 3.05) is 13.1 Å². The van der Waals surface area contributed by atoms with Crippen LogP contribution in [0.5, 0.6) is 0 Å². The van der Waals surface area contributed by atoms with Gasteiger partial charge in [0.1, 0.15) is 5.82 Å². The highest BCUT2D eigenvalue weighted by atomic mass is 16.3. The number of hydrogen-bond donors (Lipinski definition) is 3. The fourth-order valence-corrected chi connectivity index (χ4v) is 2.79. The van der Waals surface area contributed by atoms with Gasteiger partial charge in [-0.15, -0.1) is 0 Å². The van der Waals surface area contributed by atoms with Crippen molar-refractivity contribution in [3.05, 3.63) is 26.7 Å². The first-order chi connectivity index (χ1) is 11.5. The van der Waals surface area contributed by atoms with Gasteiger partial charge >= 0.3 is 5.69 Å². The van der Waals surface area contributed by atoms with Gasteiger partial charge in [0.2, 0.25) is 0 Å². The van der Waals surface area contributed by atoms with Crippen molar-refractivity contribution in [3.63, 3.8) is 0 Å². The van der Waals surface area contributed by atoms with Crippen molar-refractivity contribution in [1.82, 2.24) is 24.4 Å². The number of nitrogens with zero attached hydrogens (tertiary/aromatic N) is 3. The molecule has 0 saturated heterocycles. The second-order valence-electron chi connectivity index (χ2n) is 6.18. The Morgan fingerprint density at radius 3 is 2.71 bits per heavy atom. The van der Waals surface area contributed by atoms with Crippen LogP contribution in [0.25, 0.3) is 11.2 Å². The second kappa shape index (κ2) is 8.25. The van der Waals surface area contributed by atoms with E-state index in [9.17, 15) is 14.7 Å². The number of H-pyrrole nitrogens is 1. The van der Waals surface area contributed by atoms with E-state index in [0.29, 0.717) is 24.1 Å². The molecule has 0 saturated carbocycles. The summed E-state index contributed by atoms with van der Waals surface area (Å²) < 4.78 is 3.09. The van der Waals surface area contributed by atoms with E-state index in [0.717, 1.165) is 38.1 Å². The molecule has 0 fully saturated rings. The normalized spacial score (nSPS) is 12.8. The minimum atomic E-state index is -0.458. The molecule has 0 aliphatic rings. The minimum Gasteiger partial charge on any atom is -0.392 e. The lowest BCUT2D eigenvalue weighted by atomic mass is 10.1. The lowest BCUT2D eigenvalue weighted by Crippen LogP contribution is -2.29. The first-order valence-corrected chi connectivity index (χ1v) is 8.49. The summed E-state index contributed by atoms with van der Waals surface area (Å²) in [5.74, 6) is 0.773. The minimum absolute atomic E-state index is 0.333. The van der Waals surface area contributed by atoms with Gasteiger partial charge in [-0.3, -0.25) is 14.3 Å². The van der Waals surface area contributed by atoms with Crippen LogP contribution in [0.15, 0.2) is 9.59 Å². The first-order valence-electron chi connectivity index (χ1n) is 8.49. The number of aryl methyl sites for hydroxylation is 3. The summed E-state index contributed by atoms with van der Waals surface area (Å²) >= 11 is 0. The van der Waals surface area contributed by atoms with Crippen LogP contribution in [0.1, 0.15) is 38.4 Å². The number of nitrogens with one attached hydrogen (secondary N) is 2. The lowest BCUT2D eigenvalue weighted by Gasteiger charge is -2.11. The molecule has 2 aromatic heterocycles.